The average Bonchev–Trinajstić information content (AvgIpc) is 2.89. The summed E-state index contributed by atoms with van der Waals surface area (Å²) >= 11 is 1.66. The molecule has 0 saturated carbocycles. The third-order valence-electron chi connectivity index (χ3n) is 3.25. The summed E-state index contributed by atoms with van der Waals surface area (Å²) in [7, 11) is 0. The van der Waals surface area contributed by atoms with Gasteiger partial charge in [0, 0.05) is 15.8 Å². The van der Waals surface area contributed by atoms with Gasteiger partial charge in [-0.3, -0.25) is 4.79 Å². The lowest BCUT2D eigenvalue weighted by molar-refractivity contribution is 0.101. The van der Waals surface area contributed by atoms with Crippen molar-refractivity contribution in [2.45, 2.75) is 11.8 Å². The first-order valence-corrected chi connectivity index (χ1v) is 7.59. The number of benzene rings is 2. The molecule has 0 spiro atoms. The lowest BCUT2D eigenvalue weighted by Crippen LogP contribution is -1.98. The van der Waals surface area contributed by atoms with E-state index in [0.29, 0.717) is 11.3 Å². The smallest absolute Gasteiger partial charge is 0.228 e. The SMILES string of the molecule is CSc1ccc(C(=O)c2cc3cc(C)ccc3o2)cc1. The minimum absolute atomic E-state index is 0.0773. The molecule has 100 valence electrons. The fraction of sp³-hybridized carbons (Fsp3) is 0.118. The van der Waals surface area contributed by atoms with Gasteiger partial charge in [-0.2, -0.15) is 0 Å². The van der Waals surface area contributed by atoms with Crippen LogP contribution in [0.15, 0.2) is 57.8 Å². The largest absolute Gasteiger partial charge is 0.453 e. The third kappa shape index (κ3) is 2.37. The van der Waals surface area contributed by atoms with E-state index in [2.05, 4.69) is 0 Å². The number of hydrogen-bond acceptors (Lipinski definition) is 3. The Balaban J connectivity index is 1.98. The minimum atomic E-state index is -0.0773. The van der Waals surface area contributed by atoms with Crippen LogP contribution < -0.4 is 0 Å². The fourth-order valence-electron chi connectivity index (χ4n) is 2.16. The molecule has 0 fully saturated rings. The lowest BCUT2D eigenvalue weighted by Gasteiger charge is -1.99. The molecule has 3 heteroatoms. The molecule has 3 rings (SSSR count). The van der Waals surface area contributed by atoms with Gasteiger partial charge in [0.2, 0.25) is 5.78 Å². The summed E-state index contributed by atoms with van der Waals surface area (Å²) in [6.45, 7) is 2.02. The molecule has 0 N–H and O–H groups in total. The van der Waals surface area contributed by atoms with Crippen LogP contribution in [0.25, 0.3) is 11.0 Å². The Bertz CT molecular complexity index is 769. The second kappa shape index (κ2) is 5.17. The Hall–Kier alpha value is -2.00. The summed E-state index contributed by atoms with van der Waals surface area (Å²) in [6.07, 6.45) is 2.01. The first kappa shape index (κ1) is 13.0. The van der Waals surface area contributed by atoms with Crippen molar-refractivity contribution in [3.05, 3.63) is 65.4 Å². The van der Waals surface area contributed by atoms with Crippen LogP contribution >= 0.6 is 11.8 Å². The highest BCUT2D eigenvalue weighted by Gasteiger charge is 2.14. The van der Waals surface area contributed by atoms with E-state index in [1.54, 1.807) is 11.8 Å². The highest BCUT2D eigenvalue weighted by molar-refractivity contribution is 7.98. The van der Waals surface area contributed by atoms with E-state index in [-0.39, 0.29) is 5.78 Å². The number of carbonyl (C=O) groups excluding carboxylic acids is 1. The van der Waals surface area contributed by atoms with Gasteiger partial charge in [0.05, 0.1) is 0 Å². The van der Waals surface area contributed by atoms with Crippen molar-refractivity contribution < 1.29 is 9.21 Å². The van der Waals surface area contributed by atoms with Gasteiger partial charge in [0.15, 0.2) is 5.76 Å². The van der Waals surface area contributed by atoms with Crippen molar-refractivity contribution in [2.24, 2.45) is 0 Å². The molecule has 1 heterocycles. The number of hydrogen-bond donors (Lipinski definition) is 0. The van der Waals surface area contributed by atoms with Crippen molar-refractivity contribution in [3.63, 3.8) is 0 Å². The van der Waals surface area contributed by atoms with E-state index >= 15 is 0 Å². The van der Waals surface area contributed by atoms with Crippen LogP contribution in [0.2, 0.25) is 0 Å². The Morgan fingerprint density at radius 1 is 1.05 bits per heavy atom. The van der Waals surface area contributed by atoms with Gasteiger partial charge in [-0.1, -0.05) is 11.6 Å². The molecule has 0 amide bonds. The van der Waals surface area contributed by atoms with Crippen LogP contribution in [0.1, 0.15) is 21.7 Å². The summed E-state index contributed by atoms with van der Waals surface area (Å²) in [5.41, 5.74) is 2.56. The molecule has 20 heavy (non-hydrogen) atoms. The van der Waals surface area contributed by atoms with E-state index in [1.807, 2.05) is 61.7 Å². The van der Waals surface area contributed by atoms with E-state index in [1.165, 1.54) is 0 Å². The molecule has 0 unspecified atom stereocenters. The normalized spacial score (nSPS) is 10.9. The predicted octanol–water partition coefficient (Wildman–Crippen LogP) is 4.69. The van der Waals surface area contributed by atoms with E-state index in [4.69, 9.17) is 4.42 Å². The highest BCUT2D eigenvalue weighted by atomic mass is 32.2. The number of ketones is 1. The van der Waals surface area contributed by atoms with Crippen LogP contribution in [-0.2, 0) is 0 Å². The monoisotopic (exact) mass is 282 g/mol. The molecule has 1 aromatic heterocycles. The second-order valence-corrected chi connectivity index (χ2v) is 5.59. The first-order valence-electron chi connectivity index (χ1n) is 6.36. The molecule has 0 atom stereocenters. The molecule has 0 aliphatic rings. The number of fused-ring (bicyclic) bond motifs is 1. The van der Waals surface area contributed by atoms with Crippen LogP contribution in [0.3, 0.4) is 0 Å². The Kier molecular flexibility index (Phi) is 3.36. The van der Waals surface area contributed by atoms with Gasteiger partial charge in [0.1, 0.15) is 5.58 Å². The van der Waals surface area contributed by atoms with E-state index < -0.39 is 0 Å². The summed E-state index contributed by atoms with van der Waals surface area (Å²) in [5, 5.41) is 0.967. The molecule has 0 bridgehead atoms. The topological polar surface area (TPSA) is 30.2 Å². The number of furan rings is 1. The highest BCUT2D eigenvalue weighted by Crippen LogP contribution is 2.23. The van der Waals surface area contributed by atoms with Crippen molar-refractivity contribution >= 4 is 28.5 Å². The number of carbonyl (C=O) groups is 1. The molecule has 0 saturated heterocycles. The quantitative estimate of drug-likeness (QED) is 0.515. The van der Waals surface area contributed by atoms with Gasteiger partial charge < -0.3 is 4.42 Å². The first-order chi connectivity index (χ1) is 9.67. The maximum atomic E-state index is 12.4. The molecule has 0 radical (unpaired) electrons. The van der Waals surface area contributed by atoms with Gasteiger partial charge in [0.25, 0.3) is 0 Å². The zero-order valence-corrected chi connectivity index (χ0v) is 12.2. The van der Waals surface area contributed by atoms with Crippen LogP contribution in [0, 0.1) is 6.92 Å². The van der Waals surface area contributed by atoms with Crippen LogP contribution in [0.4, 0.5) is 0 Å². The maximum absolute atomic E-state index is 12.4. The average molecular weight is 282 g/mol. The van der Waals surface area contributed by atoms with Crippen molar-refractivity contribution in [3.8, 4) is 0 Å². The lowest BCUT2D eigenvalue weighted by atomic mass is 10.1. The molecule has 3 aromatic rings. The van der Waals surface area contributed by atoms with E-state index in [0.717, 1.165) is 21.4 Å². The van der Waals surface area contributed by atoms with Crippen LogP contribution in [0.5, 0.6) is 0 Å². The Morgan fingerprint density at radius 3 is 2.50 bits per heavy atom. The molecular weight excluding hydrogens is 268 g/mol. The summed E-state index contributed by atoms with van der Waals surface area (Å²) in [4.78, 5) is 13.5. The minimum Gasteiger partial charge on any atom is -0.453 e. The third-order valence-corrected chi connectivity index (χ3v) is 3.99. The second-order valence-electron chi connectivity index (χ2n) is 4.71. The van der Waals surface area contributed by atoms with Crippen LogP contribution in [-0.4, -0.2) is 12.0 Å². The number of thioether (sulfide) groups is 1. The maximum Gasteiger partial charge on any atom is 0.228 e. The van der Waals surface area contributed by atoms with Crippen molar-refractivity contribution in [2.75, 3.05) is 6.26 Å². The summed E-state index contributed by atoms with van der Waals surface area (Å²) in [6, 6.07) is 15.3. The summed E-state index contributed by atoms with van der Waals surface area (Å²) < 4.78 is 5.64. The zero-order chi connectivity index (χ0) is 14.1. The van der Waals surface area contributed by atoms with Gasteiger partial charge >= 0.3 is 0 Å². The molecule has 0 aliphatic heterocycles. The fourth-order valence-corrected chi connectivity index (χ4v) is 2.57. The van der Waals surface area contributed by atoms with Gasteiger partial charge in [-0.25, -0.2) is 0 Å². The van der Waals surface area contributed by atoms with E-state index in [9.17, 15) is 4.79 Å². The van der Waals surface area contributed by atoms with Gasteiger partial charge in [-0.05, 0) is 55.6 Å². The number of rotatable bonds is 3. The molecule has 0 aliphatic carbocycles. The standard InChI is InChI=1S/C17H14O2S/c1-11-3-8-15-13(9-11)10-16(19-15)17(18)12-4-6-14(20-2)7-5-12/h3-10H,1-2H3. The predicted molar refractivity (Wildman–Crippen MR) is 82.6 cm³/mol. The van der Waals surface area contributed by atoms with Gasteiger partial charge in [-0.15, -0.1) is 11.8 Å². The molecule has 2 aromatic carbocycles. The van der Waals surface area contributed by atoms with Crippen molar-refractivity contribution in [1.29, 1.82) is 0 Å². The molecule has 2 nitrogen and oxygen atoms in total. The zero-order valence-electron chi connectivity index (χ0n) is 11.3. The molecular formula is C17H14O2S. The Morgan fingerprint density at radius 2 is 1.80 bits per heavy atom. The summed E-state index contributed by atoms with van der Waals surface area (Å²) in [5.74, 6) is 0.314. The Labute approximate surface area is 121 Å². The number of aryl methyl sites for hydroxylation is 1. The van der Waals surface area contributed by atoms with Crippen molar-refractivity contribution in [1.82, 2.24) is 0 Å².